The summed E-state index contributed by atoms with van der Waals surface area (Å²) in [4.78, 5) is 23.1. The normalized spacial score (nSPS) is 17.8. The van der Waals surface area contributed by atoms with E-state index in [1.165, 1.54) is 40.2 Å². The summed E-state index contributed by atoms with van der Waals surface area (Å²) in [7, 11) is -2.57. The number of benzene rings is 2. The second-order valence-electron chi connectivity index (χ2n) is 10.6. The number of nitro benzene ring substituents is 1. The third kappa shape index (κ3) is 5.95. The Balaban J connectivity index is 1.43. The fourth-order valence-electron chi connectivity index (χ4n) is 4.87. The zero-order valence-corrected chi connectivity index (χ0v) is 23.1. The van der Waals surface area contributed by atoms with Crippen molar-refractivity contribution in [2.45, 2.75) is 69.2 Å². The molecule has 2 aromatic carbocycles. The van der Waals surface area contributed by atoms with E-state index in [0.717, 1.165) is 17.4 Å². The van der Waals surface area contributed by atoms with Gasteiger partial charge in [-0.05, 0) is 69.9 Å². The molecule has 1 aromatic heterocycles. The number of rotatable bonds is 7. The first-order valence-electron chi connectivity index (χ1n) is 12.5. The van der Waals surface area contributed by atoms with Crippen molar-refractivity contribution in [3.8, 4) is 6.07 Å². The lowest BCUT2D eigenvalue weighted by atomic mass is 10.1. The third-order valence-corrected chi connectivity index (χ3v) is 8.75. The van der Waals surface area contributed by atoms with Crippen molar-refractivity contribution in [1.29, 1.82) is 5.26 Å². The highest BCUT2D eigenvalue weighted by atomic mass is 32.2. The van der Waals surface area contributed by atoms with E-state index in [0.29, 0.717) is 24.9 Å². The Labute approximate surface area is 227 Å². The van der Waals surface area contributed by atoms with Crippen LogP contribution in [0.2, 0.25) is 0 Å². The summed E-state index contributed by atoms with van der Waals surface area (Å²) in [6.07, 6.45) is 1.32. The maximum absolute atomic E-state index is 13.2. The van der Waals surface area contributed by atoms with Gasteiger partial charge in [0.15, 0.2) is 4.90 Å². The minimum absolute atomic E-state index is 0.0511. The van der Waals surface area contributed by atoms with Crippen LogP contribution >= 0.6 is 0 Å². The van der Waals surface area contributed by atoms with E-state index in [9.17, 15) is 28.6 Å². The van der Waals surface area contributed by atoms with Gasteiger partial charge in [-0.3, -0.25) is 10.1 Å². The van der Waals surface area contributed by atoms with E-state index in [4.69, 9.17) is 4.74 Å². The van der Waals surface area contributed by atoms with Crippen LogP contribution in [0.25, 0.3) is 10.9 Å². The Morgan fingerprint density at radius 2 is 1.95 bits per heavy atom. The van der Waals surface area contributed by atoms with Gasteiger partial charge in [0.1, 0.15) is 17.4 Å². The van der Waals surface area contributed by atoms with Crippen LogP contribution in [0.4, 0.5) is 10.5 Å². The molecule has 3 aromatic rings. The van der Waals surface area contributed by atoms with E-state index in [1.807, 2.05) is 12.1 Å². The molecule has 4 rings (SSSR count). The third-order valence-electron chi connectivity index (χ3n) is 6.79. The lowest BCUT2D eigenvalue weighted by molar-refractivity contribution is -0.387. The molecule has 11 nitrogen and oxygen atoms in total. The number of nitrogens with one attached hydrogen (secondary N) is 1. The van der Waals surface area contributed by atoms with Gasteiger partial charge >= 0.3 is 6.09 Å². The molecule has 206 valence electrons. The molecule has 1 saturated carbocycles. The SMILES string of the molecule is CN([C@@H]1CC[C@H](NCc2ccc3c(c2)cc(C#N)n3C(=O)OC(C)(C)C)C1)S(=O)(=O)c1ccccc1[N+](=O)[O-]. The van der Waals surface area contributed by atoms with Gasteiger partial charge in [0.2, 0.25) is 10.0 Å². The summed E-state index contributed by atoms with van der Waals surface area (Å²) in [5.41, 5.74) is 0.565. The molecular formula is C27H31N5O6S. The monoisotopic (exact) mass is 553 g/mol. The van der Waals surface area contributed by atoms with Gasteiger partial charge in [-0.2, -0.15) is 9.57 Å². The smallest absolute Gasteiger partial charge is 0.420 e. The summed E-state index contributed by atoms with van der Waals surface area (Å²) < 4.78 is 34.3. The number of fused-ring (bicyclic) bond motifs is 1. The molecule has 1 heterocycles. The number of nitrogens with zero attached hydrogens (tertiary/aromatic N) is 4. The Morgan fingerprint density at radius 1 is 1.23 bits per heavy atom. The van der Waals surface area contributed by atoms with Crippen molar-refractivity contribution in [3.63, 3.8) is 0 Å². The van der Waals surface area contributed by atoms with E-state index in [2.05, 4.69) is 11.4 Å². The molecule has 0 radical (unpaired) electrons. The standard InChI is InChI=1S/C27H31N5O6S/c1-27(2,3)38-26(33)31-22(16-28)14-19-13-18(9-12-23(19)31)17-29-20-10-11-21(15-20)30(4)39(36,37)25-8-6-5-7-24(25)32(34)35/h5-9,12-14,20-21,29H,10-11,15,17H2,1-4H3/t20-,21+/m0/s1. The summed E-state index contributed by atoms with van der Waals surface area (Å²) in [5.74, 6) is 0. The highest BCUT2D eigenvalue weighted by molar-refractivity contribution is 7.89. The Morgan fingerprint density at radius 3 is 2.62 bits per heavy atom. The quantitative estimate of drug-likeness (QED) is 0.331. The second-order valence-corrected chi connectivity index (χ2v) is 12.6. The zero-order valence-electron chi connectivity index (χ0n) is 22.2. The van der Waals surface area contributed by atoms with E-state index < -0.39 is 32.3 Å². The number of hydrogen-bond donors (Lipinski definition) is 1. The number of hydrogen-bond acceptors (Lipinski definition) is 8. The number of nitriles is 1. The molecule has 0 aliphatic heterocycles. The van der Waals surface area contributed by atoms with Crippen molar-refractivity contribution in [2.75, 3.05) is 7.05 Å². The summed E-state index contributed by atoms with van der Waals surface area (Å²) in [6.45, 7) is 5.80. The minimum Gasteiger partial charge on any atom is -0.443 e. The fraction of sp³-hybridized carbons (Fsp3) is 0.407. The summed E-state index contributed by atoms with van der Waals surface area (Å²) in [5, 5.41) is 25.1. The predicted octanol–water partition coefficient (Wildman–Crippen LogP) is 4.54. The van der Waals surface area contributed by atoms with Gasteiger partial charge in [-0.15, -0.1) is 0 Å². The van der Waals surface area contributed by atoms with Crippen molar-refractivity contribution >= 4 is 32.7 Å². The highest BCUT2D eigenvalue weighted by Crippen LogP contribution is 2.32. The molecule has 0 bridgehead atoms. The Bertz CT molecular complexity index is 1570. The van der Waals surface area contributed by atoms with Crippen molar-refractivity contribution in [1.82, 2.24) is 14.2 Å². The van der Waals surface area contributed by atoms with Gasteiger partial charge in [0, 0.05) is 37.1 Å². The molecule has 0 spiro atoms. The molecule has 0 unspecified atom stereocenters. The molecule has 0 amide bonds. The predicted molar refractivity (Wildman–Crippen MR) is 145 cm³/mol. The number of carbonyl (C=O) groups excluding carboxylic acids is 1. The molecular weight excluding hydrogens is 522 g/mol. The maximum Gasteiger partial charge on any atom is 0.420 e. The van der Waals surface area contributed by atoms with Crippen LogP contribution in [0.5, 0.6) is 0 Å². The largest absolute Gasteiger partial charge is 0.443 e. The van der Waals surface area contributed by atoms with E-state index >= 15 is 0 Å². The average molecular weight is 554 g/mol. The zero-order chi connectivity index (χ0) is 28.5. The maximum atomic E-state index is 13.2. The molecule has 1 fully saturated rings. The molecule has 12 heteroatoms. The molecule has 39 heavy (non-hydrogen) atoms. The van der Waals surface area contributed by atoms with Crippen LogP contribution in [0.1, 0.15) is 51.3 Å². The van der Waals surface area contributed by atoms with Crippen LogP contribution in [0.15, 0.2) is 53.4 Å². The van der Waals surface area contributed by atoms with Crippen LogP contribution in [0.3, 0.4) is 0 Å². The first-order chi connectivity index (χ1) is 18.3. The molecule has 0 saturated heterocycles. The van der Waals surface area contributed by atoms with Crippen LogP contribution < -0.4 is 5.32 Å². The topological polar surface area (TPSA) is 148 Å². The number of aromatic nitrogens is 1. The molecule has 1 aliphatic rings. The fourth-order valence-corrected chi connectivity index (χ4v) is 6.43. The van der Waals surface area contributed by atoms with E-state index in [1.54, 1.807) is 32.9 Å². The Hall–Kier alpha value is -3.79. The minimum atomic E-state index is -4.04. The highest BCUT2D eigenvalue weighted by Gasteiger charge is 2.37. The lowest BCUT2D eigenvalue weighted by Gasteiger charge is -2.24. The second kappa shape index (κ2) is 10.8. The number of carbonyl (C=O) groups is 1. The van der Waals surface area contributed by atoms with Gasteiger partial charge in [-0.1, -0.05) is 18.2 Å². The van der Waals surface area contributed by atoms with Gasteiger partial charge in [-0.25, -0.2) is 17.8 Å². The van der Waals surface area contributed by atoms with Crippen LogP contribution in [-0.2, 0) is 21.3 Å². The summed E-state index contributed by atoms with van der Waals surface area (Å²) >= 11 is 0. The van der Waals surface area contributed by atoms with E-state index in [-0.39, 0.29) is 22.7 Å². The number of para-hydroxylation sites is 1. The summed E-state index contributed by atoms with van der Waals surface area (Å²) in [6, 6.07) is 14.4. The first-order valence-corrected chi connectivity index (χ1v) is 14.0. The van der Waals surface area contributed by atoms with Gasteiger partial charge < -0.3 is 10.1 Å². The van der Waals surface area contributed by atoms with Crippen molar-refractivity contribution in [3.05, 3.63) is 69.9 Å². The molecule has 1 aliphatic carbocycles. The number of nitro groups is 1. The average Bonchev–Trinajstić information content (AvgIpc) is 3.50. The van der Waals surface area contributed by atoms with Crippen molar-refractivity contribution < 1.29 is 22.9 Å². The number of ether oxygens (including phenoxy) is 1. The van der Waals surface area contributed by atoms with Crippen molar-refractivity contribution in [2.24, 2.45) is 0 Å². The van der Waals surface area contributed by atoms with Gasteiger partial charge in [0.25, 0.3) is 5.69 Å². The van der Waals surface area contributed by atoms with Crippen LogP contribution in [-0.4, -0.2) is 53.0 Å². The molecule has 2 atom stereocenters. The van der Waals surface area contributed by atoms with Crippen LogP contribution in [0, 0.1) is 21.4 Å². The number of sulfonamides is 1. The first kappa shape index (κ1) is 28.2. The van der Waals surface area contributed by atoms with Gasteiger partial charge in [0.05, 0.1) is 10.4 Å². The Kier molecular flexibility index (Phi) is 7.79. The lowest BCUT2D eigenvalue weighted by Crippen LogP contribution is -2.37. The molecule has 1 N–H and O–H groups in total.